The van der Waals surface area contributed by atoms with E-state index in [1.54, 1.807) is 34.7 Å². The second-order valence-electron chi connectivity index (χ2n) is 9.13. The number of anilines is 1. The van der Waals surface area contributed by atoms with E-state index in [0.717, 1.165) is 34.5 Å². The number of amides is 1. The molecule has 9 nitrogen and oxygen atoms in total. The average molecular weight is 500 g/mol. The van der Waals surface area contributed by atoms with Crippen LogP contribution in [0.1, 0.15) is 41.4 Å². The SMILES string of the molecule is CCOC(=O)c1c(-c2cccc3c2CCN3C(=O)[C@@H]2CCCN2C#N)cnn1Cc1ccc(OC)cc1. The molecule has 2 aliphatic heterocycles. The highest BCUT2D eigenvalue weighted by atomic mass is 16.5. The first-order valence-electron chi connectivity index (χ1n) is 12.5. The van der Waals surface area contributed by atoms with E-state index in [4.69, 9.17) is 9.47 Å². The third-order valence-corrected chi connectivity index (χ3v) is 7.05. The van der Waals surface area contributed by atoms with Gasteiger partial charge in [-0.3, -0.25) is 14.4 Å². The van der Waals surface area contributed by atoms with Gasteiger partial charge in [0.1, 0.15) is 11.8 Å². The maximum Gasteiger partial charge on any atom is 0.357 e. The zero-order valence-corrected chi connectivity index (χ0v) is 21.0. The number of fused-ring (bicyclic) bond motifs is 1. The molecule has 0 saturated carbocycles. The molecule has 0 spiro atoms. The van der Waals surface area contributed by atoms with E-state index in [9.17, 15) is 14.9 Å². The van der Waals surface area contributed by atoms with Crippen LogP contribution in [0.2, 0.25) is 0 Å². The molecule has 0 bridgehead atoms. The first kappa shape index (κ1) is 24.4. The Bertz CT molecular complexity index is 1360. The van der Waals surface area contributed by atoms with E-state index < -0.39 is 12.0 Å². The Labute approximate surface area is 215 Å². The summed E-state index contributed by atoms with van der Waals surface area (Å²) in [5.74, 6) is 0.267. The molecule has 1 aromatic heterocycles. The molecule has 0 radical (unpaired) electrons. The predicted octanol–water partition coefficient (Wildman–Crippen LogP) is 3.62. The van der Waals surface area contributed by atoms with Crippen LogP contribution in [0.3, 0.4) is 0 Å². The summed E-state index contributed by atoms with van der Waals surface area (Å²) in [4.78, 5) is 29.9. The Morgan fingerprint density at radius 3 is 2.68 bits per heavy atom. The van der Waals surface area contributed by atoms with Crippen LogP contribution in [-0.4, -0.2) is 59.4 Å². The van der Waals surface area contributed by atoms with Gasteiger partial charge in [0.15, 0.2) is 11.9 Å². The molecule has 1 fully saturated rings. The van der Waals surface area contributed by atoms with E-state index in [-0.39, 0.29) is 12.5 Å². The van der Waals surface area contributed by atoms with E-state index >= 15 is 0 Å². The van der Waals surface area contributed by atoms with Crippen LogP contribution in [-0.2, 0) is 22.5 Å². The first-order valence-corrected chi connectivity index (χ1v) is 12.5. The van der Waals surface area contributed by atoms with Crippen LogP contribution in [0.4, 0.5) is 5.69 Å². The van der Waals surface area contributed by atoms with Crippen LogP contribution in [0, 0.1) is 11.5 Å². The Morgan fingerprint density at radius 1 is 1.14 bits per heavy atom. The van der Waals surface area contributed by atoms with E-state index in [1.165, 1.54) is 0 Å². The number of rotatable bonds is 7. The molecule has 2 aromatic carbocycles. The number of ether oxygens (including phenoxy) is 2. The lowest BCUT2D eigenvalue weighted by Gasteiger charge is -2.25. The van der Waals surface area contributed by atoms with Gasteiger partial charge >= 0.3 is 5.97 Å². The number of hydrogen-bond donors (Lipinski definition) is 0. The summed E-state index contributed by atoms with van der Waals surface area (Å²) in [6, 6.07) is 13.0. The van der Waals surface area contributed by atoms with Crippen LogP contribution in [0.5, 0.6) is 5.75 Å². The minimum Gasteiger partial charge on any atom is -0.497 e. The van der Waals surface area contributed by atoms with Gasteiger partial charge in [-0.05, 0) is 61.1 Å². The van der Waals surface area contributed by atoms with E-state index in [2.05, 4.69) is 11.3 Å². The third kappa shape index (κ3) is 4.51. The van der Waals surface area contributed by atoms with Crippen molar-refractivity contribution in [2.75, 3.05) is 31.7 Å². The van der Waals surface area contributed by atoms with Gasteiger partial charge < -0.3 is 14.4 Å². The zero-order chi connectivity index (χ0) is 25.9. The highest BCUT2D eigenvalue weighted by Crippen LogP contribution is 2.39. The lowest BCUT2D eigenvalue weighted by molar-refractivity contribution is -0.121. The average Bonchev–Trinajstić information content (AvgIpc) is 3.67. The third-order valence-electron chi connectivity index (χ3n) is 7.05. The molecule has 1 amide bonds. The van der Waals surface area contributed by atoms with Crippen molar-refractivity contribution in [3.63, 3.8) is 0 Å². The lowest BCUT2D eigenvalue weighted by atomic mass is 9.98. The predicted molar refractivity (Wildman–Crippen MR) is 137 cm³/mol. The number of aromatic nitrogens is 2. The molecular weight excluding hydrogens is 470 g/mol. The van der Waals surface area contributed by atoms with Crippen molar-refractivity contribution in [3.05, 3.63) is 65.5 Å². The summed E-state index contributed by atoms with van der Waals surface area (Å²) in [5.41, 5.74) is 4.70. The molecule has 37 heavy (non-hydrogen) atoms. The number of nitrogens with zero attached hydrogens (tertiary/aromatic N) is 5. The summed E-state index contributed by atoms with van der Waals surface area (Å²) < 4.78 is 12.3. The summed E-state index contributed by atoms with van der Waals surface area (Å²) in [6.07, 6.45) is 6.03. The smallest absolute Gasteiger partial charge is 0.357 e. The molecule has 3 heterocycles. The van der Waals surface area contributed by atoms with Gasteiger partial charge in [0, 0.05) is 24.3 Å². The quantitative estimate of drug-likeness (QED) is 0.362. The second kappa shape index (κ2) is 10.3. The molecular formula is C28H29N5O4. The fourth-order valence-corrected chi connectivity index (χ4v) is 5.26. The Hall–Kier alpha value is -4.32. The van der Waals surface area contributed by atoms with Crippen molar-refractivity contribution in [1.29, 1.82) is 5.26 Å². The van der Waals surface area contributed by atoms with Crippen molar-refractivity contribution in [1.82, 2.24) is 14.7 Å². The summed E-state index contributed by atoms with van der Waals surface area (Å²) in [7, 11) is 1.62. The van der Waals surface area contributed by atoms with E-state index in [0.29, 0.717) is 43.7 Å². The molecule has 2 aliphatic rings. The Kier molecular flexibility index (Phi) is 6.82. The van der Waals surface area contributed by atoms with E-state index in [1.807, 2.05) is 42.5 Å². The Morgan fingerprint density at radius 2 is 1.95 bits per heavy atom. The molecule has 0 aliphatic carbocycles. The van der Waals surface area contributed by atoms with Gasteiger partial charge in [-0.2, -0.15) is 10.4 Å². The number of carbonyl (C=O) groups excluding carboxylic acids is 2. The number of methoxy groups -OCH3 is 1. The summed E-state index contributed by atoms with van der Waals surface area (Å²) in [5, 5.41) is 14.0. The number of carbonyl (C=O) groups is 2. The standard InChI is InChI=1S/C28H29N5O4/c1-3-37-28(35)26-23(16-30-33(26)17-19-9-11-20(36-2)12-10-19)21-6-4-7-24-22(21)13-15-32(24)27(34)25-8-5-14-31(25)18-29/h4,6-7,9-12,16,25H,3,5,8,13-15,17H2,1-2H3/t25-/m0/s1. The topological polar surface area (TPSA) is 101 Å². The zero-order valence-electron chi connectivity index (χ0n) is 21.0. The van der Waals surface area contributed by atoms with Crippen molar-refractivity contribution < 1.29 is 19.1 Å². The molecule has 190 valence electrons. The minimum absolute atomic E-state index is 0.0456. The second-order valence-corrected chi connectivity index (χ2v) is 9.13. The van der Waals surface area contributed by atoms with Gasteiger partial charge in [-0.25, -0.2) is 4.79 Å². The monoisotopic (exact) mass is 499 g/mol. The molecule has 1 saturated heterocycles. The lowest BCUT2D eigenvalue weighted by Crippen LogP contribution is -2.43. The van der Waals surface area contributed by atoms with Crippen LogP contribution >= 0.6 is 0 Å². The normalized spacial score (nSPS) is 16.4. The van der Waals surface area contributed by atoms with Crippen molar-refractivity contribution in [3.8, 4) is 23.1 Å². The molecule has 0 N–H and O–H groups in total. The molecule has 3 aromatic rings. The van der Waals surface area contributed by atoms with Crippen LogP contribution < -0.4 is 9.64 Å². The number of likely N-dealkylation sites (tertiary alicyclic amines) is 1. The van der Waals surface area contributed by atoms with Crippen molar-refractivity contribution >= 4 is 17.6 Å². The Balaban J connectivity index is 1.50. The van der Waals surface area contributed by atoms with Crippen LogP contribution in [0.15, 0.2) is 48.7 Å². The number of esters is 1. The molecule has 5 rings (SSSR count). The van der Waals surface area contributed by atoms with Gasteiger partial charge in [0.2, 0.25) is 5.91 Å². The number of benzene rings is 2. The molecule has 1 atom stereocenters. The van der Waals surface area contributed by atoms with Crippen molar-refractivity contribution in [2.24, 2.45) is 0 Å². The highest BCUT2D eigenvalue weighted by Gasteiger charge is 2.37. The van der Waals surface area contributed by atoms with Gasteiger partial charge in [-0.15, -0.1) is 0 Å². The summed E-state index contributed by atoms with van der Waals surface area (Å²) >= 11 is 0. The van der Waals surface area contributed by atoms with Gasteiger partial charge in [0.25, 0.3) is 0 Å². The van der Waals surface area contributed by atoms with Gasteiger partial charge in [-0.1, -0.05) is 24.3 Å². The van der Waals surface area contributed by atoms with Crippen LogP contribution in [0.25, 0.3) is 11.1 Å². The first-order chi connectivity index (χ1) is 18.0. The van der Waals surface area contributed by atoms with Crippen molar-refractivity contribution in [2.45, 2.75) is 38.8 Å². The minimum atomic E-state index is -0.442. The fraction of sp³-hybridized carbons (Fsp3) is 0.357. The van der Waals surface area contributed by atoms with Gasteiger partial charge in [0.05, 0.1) is 26.5 Å². The fourth-order valence-electron chi connectivity index (χ4n) is 5.26. The molecule has 9 heteroatoms. The largest absolute Gasteiger partial charge is 0.497 e. The maximum atomic E-state index is 13.4. The number of nitriles is 1. The maximum absolute atomic E-state index is 13.4. The number of hydrogen-bond acceptors (Lipinski definition) is 7. The summed E-state index contributed by atoms with van der Waals surface area (Å²) in [6.45, 7) is 3.57. The molecule has 0 unspecified atom stereocenters. The highest BCUT2D eigenvalue weighted by molar-refractivity contribution is 6.02.